The van der Waals surface area contributed by atoms with Crippen LogP contribution in [0.1, 0.15) is 34.3 Å². The molecule has 1 fully saturated rings. The van der Waals surface area contributed by atoms with Gasteiger partial charge in [-0.1, -0.05) is 41.4 Å². The van der Waals surface area contributed by atoms with E-state index in [4.69, 9.17) is 11.6 Å². The Morgan fingerprint density at radius 3 is 2.67 bits per heavy atom. The molecule has 5 nitrogen and oxygen atoms in total. The Morgan fingerprint density at radius 2 is 2.03 bits per heavy atom. The molecule has 1 aromatic heterocycles. The van der Waals surface area contributed by atoms with Gasteiger partial charge in [-0.05, 0) is 31.4 Å². The maximum Gasteiger partial charge on any atom is 0.422 e. The molecule has 0 bridgehead atoms. The smallest absolute Gasteiger partial charge is 0.422 e. The van der Waals surface area contributed by atoms with Crippen molar-refractivity contribution in [2.45, 2.75) is 38.5 Å². The van der Waals surface area contributed by atoms with Crippen molar-refractivity contribution in [1.29, 1.82) is 0 Å². The Morgan fingerprint density at radius 1 is 1.30 bits per heavy atom. The van der Waals surface area contributed by atoms with E-state index in [0.717, 1.165) is 32.5 Å². The molecule has 0 aliphatic carbocycles. The van der Waals surface area contributed by atoms with E-state index in [1.54, 1.807) is 0 Å². The lowest BCUT2D eigenvalue weighted by molar-refractivity contribution is -0.154. The monoisotopic (exact) mass is 441 g/mol. The van der Waals surface area contributed by atoms with Crippen molar-refractivity contribution in [3.05, 3.63) is 58.2 Å². The van der Waals surface area contributed by atoms with E-state index in [-0.39, 0.29) is 28.4 Å². The zero-order chi connectivity index (χ0) is 21.7. The highest BCUT2D eigenvalue weighted by Crippen LogP contribution is 2.25. The van der Waals surface area contributed by atoms with E-state index in [1.807, 2.05) is 0 Å². The zero-order valence-corrected chi connectivity index (χ0v) is 17.3. The normalized spacial score (nSPS) is 15.8. The highest BCUT2D eigenvalue weighted by molar-refractivity contribution is 6.32. The summed E-state index contributed by atoms with van der Waals surface area (Å²) in [6.45, 7) is 3.18. The van der Waals surface area contributed by atoms with Gasteiger partial charge in [0.15, 0.2) is 6.61 Å². The van der Waals surface area contributed by atoms with Crippen LogP contribution in [-0.4, -0.2) is 47.7 Å². The predicted octanol–water partition coefficient (Wildman–Crippen LogP) is 4.38. The zero-order valence-electron chi connectivity index (χ0n) is 16.5. The van der Waals surface area contributed by atoms with E-state index in [0.29, 0.717) is 0 Å². The molecule has 1 aliphatic heterocycles. The number of nitrogens with zero attached hydrogens (tertiary/aromatic N) is 2. The number of hydrogen-bond donors (Lipinski definition) is 1. The molecule has 3 rings (SSSR count). The highest BCUT2D eigenvalue weighted by atomic mass is 35.5. The van der Waals surface area contributed by atoms with Crippen molar-refractivity contribution < 1.29 is 22.7 Å². The van der Waals surface area contributed by atoms with Gasteiger partial charge in [0.1, 0.15) is 5.02 Å². The largest absolute Gasteiger partial charge is 0.467 e. The Kier molecular flexibility index (Phi) is 7.20. The quantitative estimate of drug-likeness (QED) is 0.723. The summed E-state index contributed by atoms with van der Waals surface area (Å²) in [6.07, 6.45) is -1.70. The first-order valence-corrected chi connectivity index (χ1v) is 10.0. The van der Waals surface area contributed by atoms with Crippen LogP contribution in [0.2, 0.25) is 5.02 Å². The number of hydrogen-bond acceptors (Lipinski definition) is 4. The van der Waals surface area contributed by atoms with Gasteiger partial charge < -0.3 is 10.1 Å². The molecule has 1 aliphatic rings. The SMILES string of the molecule is Cc1cccc(CN2CCC(NC(=O)c3cnc(OCC(F)(F)F)c(Cl)c3)CC2)c1. The van der Waals surface area contributed by atoms with E-state index < -0.39 is 12.8 Å². The van der Waals surface area contributed by atoms with Crippen molar-refractivity contribution in [1.82, 2.24) is 15.2 Å². The summed E-state index contributed by atoms with van der Waals surface area (Å²) in [4.78, 5) is 18.5. The maximum atomic E-state index is 12.5. The van der Waals surface area contributed by atoms with Crippen LogP contribution in [0.4, 0.5) is 13.2 Å². The molecule has 9 heteroatoms. The number of carbonyl (C=O) groups excluding carboxylic acids is 1. The molecule has 162 valence electrons. The van der Waals surface area contributed by atoms with Gasteiger partial charge in [-0.15, -0.1) is 0 Å². The number of halogens is 4. The van der Waals surface area contributed by atoms with Crippen molar-refractivity contribution in [3.63, 3.8) is 0 Å². The van der Waals surface area contributed by atoms with Crippen molar-refractivity contribution in [3.8, 4) is 5.88 Å². The van der Waals surface area contributed by atoms with Crippen LogP contribution in [0.3, 0.4) is 0 Å². The van der Waals surface area contributed by atoms with Gasteiger partial charge in [0.25, 0.3) is 5.91 Å². The molecule has 1 aromatic carbocycles. The van der Waals surface area contributed by atoms with E-state index >= 15 is 0 Å². The minimum atomic E-state index is -4.49. The van der Waals surface area contributed by atoms with Crippen molar-refractivity contribution in [2.24, 2.45) is 0 Å². The van der Waals surface area contributed by atoms with Crippen LogP contribution in [0.5, 0.6) is 5.88 Å². The van der Waals surface area contributed by atoms with Crippen molar-refractivity contribution >= 4 is 17.5 Å². The minimum Gasteiger partial charge on any atom is -0.467 e. The molecule has 2 aromatic rings. The van der Waals surface area contributed by atoms with Gasteiger partial charge in [0.05, 0.1) is 5.56 Å². The number of aryl methyl sites for hydroxylation is 1. The standard InChI is InChI=1S/C21H23ClF3N3O2/c1-14-3-2-4-15(9-14)12-28-7-5-17(6-8-28)27-19(29)16-10-18(22)20(26-11-16)30-13-21(23,24)25/h2-4,9-11,17H,5-8,12-13H2,1H3,(H,27,29). The third-order valence-corrected chi connectivity index (χ3v) is 5.12. The number of pyridine rings is 1. The second-order valence-corrected chi connectivity index (χ2v) is 7.83. The summed E-state index contributed by atoms with van der Waals surface area (Å²) in [5.74, 6) is -0.709. The second kappa shape index (κ2) is 9.66. The number of piperidine rings is 1. The summed E-state index contributed by atoms with van der Waals surface area (Å²) < 4.78 is 41.3. The van der Waals surface area contributed by atoms with E-state index in [1.165, 1.54) is 23.4 Å². The van der Waals surface area contributed by atoms with Gasteiger partial charge >= 0.3 is 6.18 Å². The second-order valence-electron chi connectivity index (χ2n) is 7.43. The van der Waals surface area contributed by atoms with Gasteiger partial charge in [-0.3, -0.25) is 9.69 Å². The number of aromatic nitrogens is 1. The number of alkyl halides is 3. The fourth-order valence-corrected chi connectivity index (χ4v) is 3.60. The number of rotatable bonds is 6. The molecular weight excluding hydrogens is 419 g/mol. The van der Waals surface area contributed by atoms with E-state index in [2.05, 4.69) is 51.1 Å². The first kappa shape index (κ1) is 22.4. The highest BCUT2D eigenvalue weighted by Gasteiger charge is 2.29. The Labute approximate surface area is 178 Å². The van der Waals surface area contributed by atoms with Gasteiger partial charge in [-0.2, -0.15) is 13.2 Å². The molecule has 2 heterocycles. The summed E-state index contributed by atoms with van der Waals surface area (Å²) >= 11 is 5.91. The maximum absolute atomic E-state index is 12.5. The molecule has 0 spiro atoms. The molecule has 30 heavy (non-hydrogen) atoms. The molecule has 1 N–H and O–H groups in total. The third-order valence-electron chi connectivity index (χ3n) is 4.85. The van der Waals surface area contributed by atoms with Crippen LogP contribution >= 0.6 is 11.6 Å². The lowest BCUT2D eigenvalue weighted by Crippen LogP contribution is -2.44. The molecule has 1 saturated heterocycles. The molecular formula is C21H23ClF3N3O2. The number of amides is 1. The fraction of sp³-hybridized carbons (Fsp3) is 0.429. The third kappa shape index (κ3) is 6.60. The predicted molar refractivity (Wildman–Crippen MR) is 108 cm³/mol. The van der Waals surface area contributed by atoms with Crippen LogP contribution in [0.25, 0.3) is 0 Å². The van der Waals surface area contributed by atoms with Crippen LogP contribution in [0.15, 0.2) is 36.5 Å². The first-order valence-electron chi connectivity index (χ1n) is 9.63. The van der Waals surface area contributed by atoms with Crippen LogP contribution in [-0.2, 0) is 6.54 Å². The topological polar surface area (TPSA) is 54.5 Å². The Hall–Kier alpha value is -2.32. The summed E-state index contributed by atoms with van der Waals surface area (Å²) in [7, 11) is 0. The Balaban J connectivity index is 1.49. The number of likely N-dealkylation sites (tertiary alicyclic amines) is 1. The molecule has 0 unspecified atom stereocenters. The number of benzene rings is 1. The first-order chi connectivity index (χ1) is 14.2. The molecule has 1 amide bonds. The Bertz CT molecular complexity index is 884. The molecule has 0 atom stereocenters. The molecule has 0 saturated carbocycles. The van der Waals surface area contributed by atoms with Gasteiger partial charge in [0.2, 0.25) is 5.88 Å². The number of nitrogens with one attached hydrogen (secondary N) is 1. The lowest BCUT2D eigenvalue weighted by Gasteiger charge is -2.32. The summed E-state index contributed by atoms with van der Waals surface area (Å²) in [5, 5.41) is 2.81. The molecule has 0 radical (unpaired) electrons. The lowest BCUT2D eigenvalue weighted by atomic mass is 10.0. The van der Waals surface area contributed by atoms with Crippen molar-refractivity contribution in [2.75, 3.05) is 19.7 Å². The average molecular weight is 442 g/mol. The van der Waals surface area contributed by atoms with Crippen LogP contribution in [0, 0.1) is 6.92 Å². The van der Waals surface area contributed by atoms with Gasteiger partial charge in [0, 0.05) is 31.9 Å². The number of ether oxygens (including phenoxy) is 1. The minimum absolute atomic E-state index is 0.0196. The fourth-order valence-electron chi connectivity index (χ4n) is 3.38. The summed E-state index contributed by atoms with van der Waals surface area (Å²) in [5.41, 5.74) is 2.68. The van der Waals surface area contributed by atoms with E-state index in [9.17, 15) is 18.0 Å². The summed E-state index contributed by atoms with van der Waals surface area (Å²) in [6, 6.07) is 9.69. The van der Waals surface area contributed by atoms with Crippen LogP contribution < -0.4 is 10.1 Å². The number of carbonyl (C=O) groups is 1. The average Bonchev–Trinajstić information content (AvgIpc) is 2.68. The van der Waals surface area contributed by atoms with Gasteiger partial charge in [-0.25, -0.2) is 4.98 Å².